The zero-order valence-electron chi connectivity index (χ0n) is 11.5. The molecule has 1 aromatic rings. The lowest BCUT2D eigenvalue weighted by Gasteiger charge is -2.16. The molecule has 5 heteroatoms. The standard InChI is InChI=1S/C15H19NO4/c1-2-19-14(17)12-8-16-9-13(12)15(18)20-10-11-6-4-3-5-7-11/h3-7,12-13,16H,2,8-10H2,1H3. The van der Waals surface area contributed by atoms with Crippen molar-refractivity contribution in [2.24, 2.45) is 11.8 Å². The largest absolute Gasteiger partial charge is 0.466 e. The van der Waals surface area contributed by atoms with Gasteiger partial charge in [0.05, 0.1) is 18.4 Å². The van der Waals surface area contributed by atoms with Gasteiger partial charge in [0, 0.05) is 13.1 Å². The average Bonchev–Trinajstić information content (AvgIpc) is 2.96. The molecule has 0 radical (unpaired) electrons. The van der Waals surface area contributed by atoms with Crippen molar-refractivity contribution in [3.63, 3.8) is 0 Å². The molecular weight excluding hydrogens is 258 g/mol. The summed E-state index contributed by atoms with van der Waals surface area (Å²) in [6.45, 7) is 3.22. The summed E-state index contributed by atoms with van der Waals surface area (Å²) in [6, 6.07) is 9.47. The molecule has 20 heavy (non-hydrogen) atoms. The van der Waals surface area contributed by atoms with Crippen LogP contribution in [0.15, 0.2) is 30.3 Å². The fraction of sp³-hybridized carbons (Fsp3) is 0.467. The minimum Gasteiger partial charge on any atom is -0.466 e. The van der Waals surface area contributed by atoms with Gasteiger partial charge in [0.2, 0.25) is 0 Å². The molecule has 0 spiro atoms. The molecule has 1 aromatic carbocycles. The van der Waals surface area contributed by atoms with Crippen LogP contribution in [0, 0.1) is 11.8 Å². The molecule has 5 nitrogen and oxygen atoms in total. The lowest BCUT2D eigenvalue weighted by atomic mass is 9.96. The molecule has 108 valence electrons. The topological polar surface area (TPSA) is 64.6 Å². The van der Waals surface area contributed by atoms with E-state index in [0.717, 1.165) is 5.56 Å². The van der Waals surface area contributed by atoms with Crippen molar-refractivity contribution in [3.05, 3.63) is 35.9 Å². The van der Waals surface area contributed by atoms with Crippen molar-refractivity contribution < 1.29 is 19.1 Å². The van der Waals surface area contributed by atoms with Gasteiger partial charge in [0.15, 0.2) is 0 Å². The Morgan fingerprint density at radius 3 is 2.30 bits per heavy atom. The minimum absolute atomic E-state index is 0.228. The van der Waals surface area contributed by atoms with Crippen LogP contribution in [0.3, 0.4) is 0 Å². The lowest BCUT2D eigenvalue weighted by molar-refractivity contribution is -0.159. The molecule has 0 amide bonds. The van der Waals surface area contributed by atoms with E-state index >= 15 is 0 Å². The number of hydrogen-bond acceptors (Lipinski definition) is 5. The molecule has 1 heterocycles. The van der Waals surface area contributed by atoms with Crippen molar-refractivity contribution in [3.8, 4) is 0 Å². The highest BCUT2D eigenvalue weighted by atomic mass is 16.5. The first-order chi connectivity index (χ1) is 9.72. The van der Waals surface area contributed by atoms with Crippen molar-refractivity contribution >= 4 is 11.9 Å². The fourth-order valence-electron chi connectivity index (χ4n) is 2.26. The van der Waals surface area contributed by atoms with Crippen molar-refractivity contribution in [1.29, 1.82) is 0 Å². The summed E-state index contributed by atoms with van der Waals surface area (Å²) in [7, 11) is 0. The van der Waals surface area contributed by atoms with Gasteiger partial charge in [-0.1, -0.05) is 30.3 Å². The second-order valence-corrected chi connectivity index (χ2v) is 4.72. The second kappa shape index (κ2) is 7.05. The Balaban J connectivity index is 1.89. The number of ether oxygens (including phenoxy) is 2. The maximum Gasteiger partial charge on any atom is 0.311 e. The number of hydrogen-bond donors (Lipinski definition) is 1. The maximum atomic E-state index is 12.1. The first-order valence-electron chi connectivity index (χ1n) is 6.80. The summed E-state index contributed by atoms with van der Waals surface area (Å²) >= 11 is 0. The SMILES string of the molecule is CCOC(=O)C1CNCC1C(=O)OCc1ccccc1. The van der Waals surface area contributed by atoms with Crippen molar-refractivity contribution in [1.82, 2.24) is 5.32 Å². The number of esters is 2. The normalized spacial score (nSPS) is 21.4. The number of carbonyl (C=O) groups is 2. The van der Waals surface area contributed by atoms with Crippen LogP contribution in [0.5, 0.6) is 0 Å². The Hall–Kier alpha value is -1.88. The van der Waals surface area contributed by atoms with Gasteiger partial charge >= 0.3 is 11.9 Å². The van der Waals surface area contributed by atoms with Gasteiger partial charge in [0.1, 0.15) is 6.61 Å². The third-order valence-electron chi connectivity index (χ3n) is 3.33. The summed E-state index contributed by atoms with van der Waals surface area (Å²) in [4.78, 5) is 23.8. The molecule has 1 aliphatic heterocycles. The van der Waals surface area contributed by atoms with Gasteiger partial charge in [0.25, 0.3) is 0 Å². The number of benzene rings is 1. The van der Waals surface area contributed by atoms with Gasteiger partial charge in [-0.3, -0.25) is 9.59 Å². The first-order valence-corrected chi connectivity index (χ1v) is 6.80. The summed E-state index contributed by atoms with van der Waals surface area (Å²) < 4.78 is 10.3. The van der Waals surface area contributed by atoms with Crippen molar-refractivity contribution in [2.45, 2.75) is 13.5 Å². The molecule has 1 saturated heterocycles. The highest BCUT2D eigenvalue weighted by Gasteiger charge is 2.39. The van der Waals surface area contributed by atoms with Crippen LogP contribution in [0.1, 0.15) is 12.5 Å². The van der Waals surface area contributed by atoms with E-state index in [1.807, 2.05) is 30.3 Å². The Labute approximate surface area is 118 Å². The molecule has 0 saturated carbocycles. The quantitative estimate of drug-likeness (QED) is 0.817. The molecule has 0 aliphatic carbocycles. The average molecular weight is 277 g/mol. The van der Waals surface area contributed by atoms with E-state index < -0.39 is 11.8 Å². The predicted octanol–water partition coefficient (Wildman–Crippen LogP) is 1.13. The molecule has 1 N–H and O–H groups in total. The zero-order valence-corrected chi connectivity index (χ0v) is 11.5. The highest BCUT2D eigenvalue weighted by molar-refractivity contribution is 5.83. The Morgan fingerprint density at radius 2 is 1.70 bits per heavy atom. The van der Waals surface area contributed by atoms with Gasteiger partial charge < -0.3 is 14.8 Å². The molecule has 2 rings (SSSR count). The summed E-state index contributed by atoms with van der Waals surface area (Å²) in [6.07, 6.45) is 0. The number of nitrogens with one attached hydrogen (secondary N) is 1. The van der Waals surface area contributed by atoms with Crippen LogP contribution >= 0.6 is 0 Å². The van der Waals surface area contributed by atoms with E-state index in [0.29, 0.717) is 19.7 Å². The summed E-state index contributed by atoms with van der Waals surface area (Å²) in [5.74, 6) is -1.59. The Morgan fingerprint density at radius 1 is 1.10 bits per heavy atom. The van der Waals surface area contributed by atoms with Gasteiger partial charge in [-0.05, 0) is 12.5 Å². The molecular formula is C15H19NO4. The Kier molecular flexibility index (Phi) is 5.12. The summed E-state index contributed by atoms with van der Waals surface area (Å²) in [5, 5.41) is 3.04. The van der Waals surface area contributed by atoms with E-state index in [9.17, 15) is 9.59 Å². The Bertz CT molecular complexity index is 460. The molecule has 1 aliphatic rings. The molecule has 0 aromatic heterocycles. The van der Waals surface area contributed by atoms with E-state index in [1.54, 1.807) is 6.92 Å². The smallest absolute Gasteiger partial charge is 0.311 e. The second-order valence-electron chi connectivity index (χ2n) is 4.72. The van der Waals surface area contributed by atoms with Crippen LogP contribution < -0.4 is 5.32 Å². The van der Waals surface area contributed by atoms with Gasteiger partial charge in [-0.2, -0.15) is 0 Å². The molecule has 2 unspecified atom stereocenters. The number of carbonyl (C=O) groups excluding carboxylic acids is 2. The lowest BCUT2D eigenvalue weighted by Crippen LogP contribution is -2.31. The zero-order chi connectivity index (χ0) is 14.4. The molecule has 1 fully saturated rings. The van der Waals surface area contributed by atoms with Crippen LogP contribution in [0.4, 0.5) is 0 Å². The highest BCUT2D eigenvalue weighted by Crippen LogP contribution is 2.20. The monoisotopic (exact) mass is 277 g/mol. The first kappa shape index (κ1) is 14.5. The molecule has 0 bridgehead atoms. The van der Waals surface area contributed by atoms with Gasteiger partial charge in [-0.25, -0.2) is 0 Å². The van der Waals surface area contributed by atoms with E-state index in [2.05, 4.69) is 5.32 Å². The van der Waals surface area contributed by atoms with E-state index in [1.165, 1.54) is 0 Å². The van der Waals surface area contributed by atoms with Crippen molar-refractivity contribution in [2.75, 3.05) is 19.7 Å². The van der Waals surface area contributed by atoms with E-state index in [-0.39, 0.29) is 18.5 Å². The maximum absolute atomic E-state index is 12.1. The van der Waals surface area contributed by atoms with E-state index in [4.69, 9.17) is 9.47 Å². The third-order valence-corrected chi connectivity index (χ3v) is 3.33. The predicted molar refractivity (Wildman–Crippen MR) is 72.7 cm³/mol. The third kappa shape index (κ3) is 3.57. The fourth-order valence-corrected chi connectivity index (χ4v) is 2.26. The van der Waals surface area contributed by atoms with Crippen LogP contribution in [-0.4, -0.2) is 31.6 Å². The van der Waals surface area contributed by atoms with Crippen LogP contribution in [0.25, 0.3) is 0 Å². The van der Waals surface area contributed by atoms with Crippen LogP contribution in [0.2, 0.25) is 0 Å². The molecule has 2 atom stereocenters. The summed E-state index contributed by atoms with van der Waals surface area (Å²) in [5.41, 5.74) is 0.930. The van der Waals surface area contributed by atoms with Crippen LogP contribution in [-0.2, 0) is 25.7 Å². The number of rotatable bonds is 5. The van der Waals surface area contributed by atoms with Gasteiger partial charge in [-0.15, -0.1) is 0 Å². The minimum atomic E-state index is -0.460.